The third-order valence-corrected chi connectivity index (χ3v) is 4.49. The minimum absolute atomic E-state index is 0.176. The van der Waals surface area contributed by atoms with Gasteiger partial charge in [0.05, 0.1) is 13.2 Å². The number of carbonyl (C=O) groups is 1. The first-order valence-electron chi connectivity index (χ1n) is 10.6. The van der Waals surface area contributed by atoms with Crippen LogP contribution in [0.5, 0.6) is 0 Å². The van der Waals surface area contributed by atoms with Gasteiger partial charge in [-0.3, -0.25) is 4.79 Å². The molecule has 25 heavy (non-hydrogen) atoms. The lowest BCUT2D eigenvalue weighted by atomic mass is 10.0. The highest BCUT2D eigenvalue weighted by atomic mass is 16.6. The third-order valence-electron chi connectivity index (χ3n) is 4.49. The number of carbonyl (C=O) groups excluding carboxylic acids is 1. The van der Waals surface area contributed by atoms with Crippen LogP contribution < -0.4 is 0 Å². The molecule has 1 unspecified atom stereocenters. The number of rotatable bonds is 19. The van der Waals surface area contributed by atoms with Gasteiger partial charge in [0.15, 0.2) is 0 Å². The van der Waals surface area contributed by atoms with Crippen LogP contribution in [-0.2, 0) is 14.3 Å². The van der Waals surface area contributed by atoms with Gasteiger partial charge < -0.3 is 14.6 Å². The number of hydrogen-bond donors (Lipinski definition) is 1. The van der Waals surface area contributed by atoms with Crippen molar-refractivity contribution in [2.45, 2.75) is 110 Å². The Bertz CT molecular complexity index is 281. The smallest absolute Gasteiger partial charge is 0.305 e. The number of hydrogen-bond acceptors (Lipinski definition) is 4. The van der Waals surface area contributed by atoms with Gasteiger partial charge in [-0.15, -0.1) is 0 Å². The summed E-state index contributed by atoms with van der Waals surface area (Å²) in [5.74, 6) is -0.288. The Morgan fingerprint density at radius 3 is 1.72 bits per heavy atom. The van der Waals surface area contributed by atoms with Crippen LogP contribution in [0.1, 0.15) is 104 Å². The molecule has 4 nitrogen and oxygen atoms in total. The van der Waals surface area contributed by atoms with E-state index in [0.29, 0.717) is 19.6 Å². The highest BCUT2D eigenvalue weighted by molar-refractivity contribution is 5.69. The molecule has 0 saturated heterocycles. The Balaban J connectivity index is 3.21. The van der Waals surface area contributed by atoms with Crippen LogP contribution in [0.25, 0.3) is 0 Å². The quantitative estimate of drug-likeness (QED) is 0.248. The van der Waals surface area contributed by atoms with E-state index in [4.69, 9.17) is 14.6 Å². The Morgan fingerprint density at radius 1 is 0.800 bits per heavy atom. The van der Waals surface area contributed by atoms with Gasteiger partial charge in [0, 0.05) is 13.0 Å². The van der Waals surface area contributed by atoms with E-state index >= 15 is 0 Å². The van der Waals surface area contributed by atoms with Crippen LogP contribution in [0.3, 0.4) is 0 Å². The van der Waals surface area contributed by atoms with E-state index < -0.39 is 6.10 Å². The number of unbranched alkanes of at least 4 members (excludes halogenated alkanes) is 12. The average Bonchev–Trinajstić information content (AvgIpc) is 2.63. The summed E-state index contributed by atoms with van der Waals surface area (Å²) >= 11 is 0. The van der Waals surface area contributed by atoms with Crippen molar-refractivity contribution in [2.75, 3.05) is 19.8 Å². The second-order valence-electron chi connectivity index (χ2n) is 6.97. The van der Waals surface area contributed by atoms with Crippen molar-refractivity contribution in [2.24, 2.45) is 0 Å². The summed E-state index contributed by atoms with van der Waals surface area (Å²) in [6, 6.07) is 0. The second kappa shape index (κ2) is 19.7. The van der Waals surface area contributed by atoms with Crippen molar-refractivity contribution in [1.82, 2.24) is 0 Å². The molecule has 1 atom stereocenters. The monoisotopic (exact) mass is 358 g/mol. The Labute approximate surface area is 155 Å². The maximum Gasteiger partial charge on any atom is 0.305 e. The van der Waals surface area contributed by atoms with Gasteiger partial charge in [0.2, 0.25) is 0 Å². The molecule has 0 spiro atoms. The van der Waals surface area contributed by atoms with Crippen LogP contribution >= 0.6 is 0 Å². The largest absolute Gasteiger partial charge is 0.457 e. The molecule has 0 aliphatic heterocycles. The molecule has 0 bridgehead atoms. The van der Waals surface area contributed by atoms with Crippen molar-refractivity contribution < 1.29 is 19.4 Å². The molecule has 0 aliphatic rings. The lowest BCUT2D eigenvalue weighted by Crippen LogP contribution is -2.27. The van der Waals surface area contributed by atoms with Crippen molar-refractivity contribution >= 4 is 5.97 Å². The highest BCUT2D eigenvalue weighted by Crippen LogP contribution is 2.12. The molecular weight excluding hydrogens is 316 g/mol. The Morgan fingerprint density at radius 2 is 1.28 bits per heavy atom. The normalized spacial score (nSPS) is 12.3. The molecule has 1 N–H and O–H groups in total. The van der Waals surface area contributed by atoms with E-state index in [2.05, 4.69) is 6.92 Å². The number of aliphatic hydroxyl groups is 1. The van der Waals surface area contributed by atoms with E-state index in [1.54, 1.807) is 6.92 Å². The predicted octanol–water partition coefficient (Wildman–Crippen LogP) is 5.41. The van der Waals surface area contributed by atoms with Gasteiger partial charge >= 0.3 is 5.97 Å². The van der Waals surface area contributed by atoms with Gasteiger partial charge in [-0.2, -0.15) is 0 Å². The predicted molar refractivity (Wildman–Crippen MR) is 104 cm³/mol. The average molecular weight is 359 g/mol. The van der Waals surface area contributed by atoms with Gasteiger partial charge in [-0.1, -0.05) is 90.9 Å². The minimum Gasteiger partial charge on any atom is -0.457 e. The first kappa shape index (κ1) is 24.4. The second-order valence-corrected chi connectivity index (χ2v) is 6.97. The third kappa shape index (κ3) is 18.0. The van der Waals surface area contributed by atoms with Crippen molar-refractivity contribution in [3.63, 3.8) is 0 Å². The maximum absolute atomic E-state index is 11.2. The van der Waals surface area contributed by atoms with Crippen LogP contribution in [-0.4, -0.2) is 37.0 Å². The molecule has 4 heteroatoms. The molecule has 0 aromatic rings. The van der Waals surface area contributed by atoms with E-state index in [-0.39, 0.29) is 12.6 Å². The molecule has 0 fully saturated rings. The SMILES string of the molecule is CCCCCCCCCCCCCCCOCC(CO)OC(=O)CC. The molecule has 0 aromatic heterocycles. The Hall–Kier alpha value is -0.610. The lowest BCUT2D eigenvalue weighted by Gasteiger charge is -2.15. The van der Waals surface area contributed by atoms with Gasteiger partial charge in [-0.05, 0) is 6.42 Å². The van der Waals surface area contributed by atoms with Crippen molar-refractivity contribution in [3.05, 3.63) is 0 Å². The molecule has 0 aliphatic carbocycles. The molecule has 0 heterocycles. The summed E-state index contributed by atoms with van der Waals surface area (Å²) in [5.41, 5.74) is 0. The summed E-state index contributed by atoms with van der Waals surface area (Å²) in [7, 11) is 0. The van der Waals surface area contributed by atoms with E-state index in [1.807, 2.05) is 0 Å². The standard InChI is InChI=1S/C21H42O4/c1-3-5-6-7-8-9-10-11-12-13-14-15-16-17-24-19-20(18-22)25-21(23)4-2/h20,22H,3-19H2,1-2H3. The minimum atomic E-state index is -0.519. The summed E-state index contributed by atoms with van der Waals surface area (Å²) in [6.07, 6.45) is 17.2. The van der Waals surface area contributed by atoms with Gasteiger partial charge in [0.25, 0.3) is 0 Å². The van der Waals surface area contributed by atoms with Crippen molar-refractivity contribution in [3.8, 4) is 0 Å². The molecule has 0 radical (unpaired) electrons. The number of aliphatic hydroxyl groups excluding tert-OH is 1. The summed E-state index contributed by atoms with van der Waals surface area (Å²) in [4.78, 5) is 11.2. The fourth-order valence-corrected chi connectivity index (χ4v) is 2.83. The van der Waals surface area contributed by atoms with Crippen LogP contribution in [0.2, 0.25) is 0 Å². The molecule has 0 rings (SSSR count). The molecule has 0 aromatic carbocycles. The molecule has 150 valence electrons. The van der Waals surface area contributed by atoms with E-state index in [1.165, 1.54) is 77.0 Å². The zero-order valence-electron chi connectivity index (χ0n) is 16.8. The van der Waals surface area contributed by atoms with Crippen LogP contribution in [0, 0.1) is 0 Å². The summed E-state index contributed by atoms with van der Waals surface area (Å²) in [6.45, 7) is 4.80. The Kier molecular flexibility index (Phi) is 19.2. The highest BCUT2D eigenvalue weighted by Gasteiger charge is 2.11. The summed E-state index contributed by atoms with van der Waals surface area (Å²) < 4.78 is 10.5. The van der Waals surface area contributed by atoms with E-state index in [0.717, 1.165) is 6.42 Å². The van der Waals surface area contributed by atoms with E-state index in [9.17, 15) is 4.79 Å². The molecule has 0 saturated carbocycles. The number of ether oxygens (including phenoxy) is 2. The van der Waals surface area contributed by atoms with Crippen molar-refractivity contribution in [1.29, 1.82) is 0 Å². The lowest BCUT2D eigenvalue weighted by molar-refractivity contribution is -0.154. The topological polar surface area (TPSA) is 55.8 Å². The maximum atomic E-state index is 11.2. The summed E-state index contributed by atoms with van der Waals surface area (Å²) in [5, 5.41) is 9.13. The zero-order chi connectivity index (χ0) is 18.6. The molecule has 0 amide bonds. The molecular formula is C21H42O4. The first-order chi connectivity index (χ1) is 12.2. The van der Waals surface area contributed by atoms with Crippen LogP contribution in [0.4, 0.5) is 0 Å². The van der Waals surface area contributed by atoms with Crippen LogP contribution in [0.15, 0.2) is 0 Å². The zero-order valence-corrected chi connectivity index (χ0v) is 16.8. The first-order valence-corrected chi connectivity index (χ1v) is 10.6. The number of esters is 1. The van der Waals surface area contributed by atoms with Gasteiger partial charge in [-0.25, -0.2) is 0 Å². The van der Waals surface area contributed by atoms with Gasteiger partial charge in [0.1, 0.15) is 6.10 Å². The fraction of sp³-hybridized carbons (Fsp3) is 0.952. The fourth-order valence-electron chi connectivity index (χ4n) is 2.83.